The zero-order valence-corrected chi connectivity index (χ0v) is 32.5. The molecule has 0 bridgehead atoms. The fraction of sp³-hybridized carbons (Fsp3) is 0.396. The van der Waals surface area contributed by atoms with Gasteiger partial charge in [-0.2, -0.15) is 0 Å². The largest absolute Gasteiger partial charge is 0.465 e. The van der Waals surface area contributed by atoms with E-state index in [1.54, 1.807) is 0 Å². The summed E-state index contributed by atoms with van der Waals surface area (Å²) < 4.78 is 45.5. The third-order valence-corrected chi connectivity index (χ3v) is 9.99. The average molecular weight is 761 g/mol. The van der Waals surface area contributed by atoms with Gasteiger partial charge in [0.1, 0.15) is 24.4 Å². The molecular formula is C48H56O8. The first kappa shape index (κ1) is 41.2. The standard InChI is InChI=1S/C48H56O8/c1-37(47(49)51-30-18-6-15-19-38-20-16-17-21-38)31-55-48-46(54-35-42-28-13-5-14-29-42)45(53-34-41-26-11-4-12-27-41)44(52-33-40-24-9-3-10-25-40)43(56-48)36-50-32-39-22-7-2-8-23-39/h2-5,7-14,16-17,20,22-29,37,43-46,48H,6,15,18-19,21,30-36H2,1H3/t37-,43-,44-,45+,46+,48+/m1/s1. The lowest BCUT2D eigenvalue weighted by Gasteiger charge is -2.46. The summed E-state index contributed by atoms with van der Waals surface area (Å²) in [5, 5.41) is 0. The van der Waals surface area contributed by atoms with Gasteiger partial charge in [0.15, 0.2) is 6.29 Å². The van der Waals surface area contributed by atoms with Gasteiger partial charge in [0.2, 0.25) is 0 Å². The number of unbranched alkanes of at least 4 members (excludes halogenated alkanes) is 2. The highest BCUT2D eigenvalue weighted by Gasteiger charge is 2.49. The Morgan fingerprint density at radius 2 is 1.18 bits per heavy atom. The summed E-state index contributed by atoms with van der Waals surface area (Å²) in [5.41, 5.74) is 5.55. The predicted octanol–water partition coefficient (Wildman–Crippen LogP) is 9.33. The van der Waals surface area contributed by atoms with E-state index in [0.717, 1.165) is 54.4 Å². The summed E-state index contributed by atoms with van der Waals surface area (Å²) in [6.45, 7) is 3.86. The molecule has 6 atom stereocenters. The third-order valence-electron chi connectivity index (χ3n) is 9.99. The van der Waals surface area contributed by atoms with Crippen molar-refractivity contribution >= 4 is 5.97 Å². The van der Waals surface area contributed by atoms with Crippen molar-refractivity contribution in [3.63, 3.8) is 0 Å². The second-order valence-corrected chi connectivity index (χ2v) is 14.5. The van der Waals surface area contributed by atoms with Crippen LogP contribution < -0.4 is 0 Å². The van der Waals surface area contributed by atoms with E-state index in [0.29, 0.717) is 33.0 Å². The Balaban J connectivity index is 1.17. The van der Waals surface area contributed by atoms with Crippen LogP contribution in [0, 0.1) is 5.92 Å². The maximum Gasteiger partial charge on any atom is 0.310 e. The van der Waals surface area contributed by atoms with Gasteiger partial charge in [-0.25, -0.2) is 0 Å². The molecule has 0 saturated carbocycles. The van der Waals surface area contributed by atoms with Crippen LogP contribution in [0.4, 0.5) is 0 Å². The molecule has 1 saturated heterocycles. The maximum absolute atomic E-state index is 13.1. The number of esters is 1. The molecule has 0 spiro atoms. The van der Waals surface area contributed by atoms with Gasteiger partial charge in [0, 0.05) is 0 Å². The van der Waals surface area contributed by atoms with Crippen LogP contribution in [0.15, 0.2) is 145 Å². The first-order chi connectivity index (χ1) is 27.6. The first-order valence-electron chi connectivity index (χ1n) is 20.0. The summed E-state index contributed by atoms with van der Waals surface area (Å²) in [7, 11) is 0. The van der Waals surface area contributed by atoms with Crippen molar-refractivity contribution < 1.29 is 38.0 Å². The number of allylic oxidation sites excluding steroid dienone is 4. The van der Waals surface area contributed by atoms with Gasteiger partial charge in [-0.15, -0.1) is 0 Å². The SMILES string of the molecule is C[C@H](CO[C@H]1O[C@H](COCc2ccccc2)[C@@H](OCc2ccccc2)[C@H](OCc2ccccc2)[C@@H]1OCc1ccccc1)C(=O)OCCCCCC1=CC=CC1. The summed E-state index contributed by atoms with van der Waals surface area (Å²) in [6, 6.07) is 40.1. The van der Waals surface area contributed by atoms with Crippen molar-refractivity contribution in [2.24, 2.45) is 5.92 Å². The molecule has 0 amide bonds. The monoisotopic (exact) mass is 760 g/mol. The quantitative estimate of drug-likeness (QED) is 0.0547. The number of rotatable bonds is 23. The highest BCUT2D eigenvalue weighted by Crippen LogP contribution is 2.32. The van der Waals surface area contributed by atoms with Crippen LogP contribution in [0.25, 0.3) is 0 Å². The molecule has 296 valence electrons. The van der Waals surface area contributed by atoms with Gasteiger partial charge in [0.25, 0.3) is 0 Å². The maximum atomic E-state index is 13.1. The lowest BCUT2D eigenvalue weighted by atomic mass is 9.97. The van der Waals surface area contributed by atoms with E-state index in [9.17, 15) is 4.79 Å². The number of ether oxygens (including phenoxy) is 7. The van der Waals surface area contributed by atoms with Gasteiger partial charge in [-0.05, 0) is 61.3 Å². The molecule has 1 fully saturated rings. The van der Waals surface area contributed by atoms with Crippen molar-refractivity contribution in [1.82, 2.24) is 0 Å². The molecule has 4 aromatic rings. The molecule has 0 N–H and O–H groups in total. The molecule has 0 unspecified atom stereocenters. The summed E-state index contributed by atoms with van der Waals surface area (Å²) >= 11 is 0. The molecule has 1 aliphatic carbocycles. The van der Waals surface area contributed by atoms with E-state index >= 15 is 0 Å². The molecule has 0 aromatic heterocycles. The zero-order valence-electron chi connectivity index (χ0n) is 32.5. The first-order valence-corrected chi connectivity index (χ1v) is 20.0. The van der Waals surface area contributed by atoms with Crippen molar-refractivity contribution in [3.05, 3.63) is 167 Å². The summed E-state index contributed by atoms with van der Waals surface area (Å²) in [5.74, 6) is -0.819. The van der Waals surface area contributed by atoms with E-state index in [1.807, 2.05) is 128 Å². The minimum atomic E-state index is -0.893. The topological polar surface area (TPSA) is 81.7 Å². The number of carbonyl (C=O) groups is 1. The fourth-order valence-corrected chi connectivity index (χ4v) is 6.81. The Labute approximate surface area is 332 Å². The van der Waals surface area contributed by atoms with Crippen molar-refractivity contribution in [2.45, 2.75) is 96.2 Å². The number of hydrogen-bond acceptors (Lipinski definition) is 8. The summed E-state index contributed by atoms with van der Waals surface area (Å²) in [4.78, 5) is 13.1. The van der Waals surface area contributed by atoms with Crippen LogP contribution >= 0.6 is 0 Å². The Morgan fingerprint density at radius 1 is 0.643 bits per heavy atom. The third kappa shape index (κ3) is 13.4. The van der Waals surface area contributed by atoms with E-state index in [4.69, 9.17) is 33.2 Å². The number of carbonyl (C=O) groups excluding carboxylic acids is 1. The lowest BCUT2D eigenvalue weighted by molar-refractivity contribution is -0.329. The van der Waals surface area contributed by atoms with E-state index < -0.39 is 36.6 Å². The molecule has 1 heterocycles. The van der Waals surface area contributed by atoms with Crippen LogP contribution in [0.1, 0.15) is 61.3 Å². The summed E-state index contributed by atoms with van der Waals surface area (Å²) in [6.07, 6.45) is 8.19. The van der Waals surface area contributed by atoms with Gasteiger partial charge in [0.05, 0.1) is 52.2 Å². The lowest BCUT2D eigenvalue weighted by Crippen LogP contribution is -2.62. The van der Waals surface area contributed by atoms with Crippen LogP contribution in [-0.4, -0.2) is 56.5 Å². The smallest absolute Gasteiger partial charge is 0.310 e. The zero-order chi connectivity index (χ0) is 38.6. The Kier molecular flexibility index (Phi) is 16.9. The highest BCUT2D eigenvalue weighted by atomic mass is 16.7. The predicted molar refractivity (Wildman–Crippen MR) is 216 cm³/mol. The average Bonchev–Trinajstić information content (AvgIpc) is 3.77. The van der Waals surface area contributed by atoms with Crippen molar-refractivity contribution in [1.29, 1.82) is 0 Å². The van der Waals surface area contributed by atoms with E-state index in [1.165, 1.54) is 5.57 Å². The second-order valence-electron chi connectivity index (χ2n) is 14.5. The second kappa shape index (κ2) is 23.0. The minimum Gasteiger partial charge on any atom is -0.465 e. The molecule has 2 aliphatic rings. The van der Waals surface area contributed by atoms with Crippen molar-refractivity contribution in [2.75, 3.05) is 19.8 Å². The van der Waals surface area contributed by atoms with Crippen LogP contribution in [0.5, 0.6) is 0 Å². The molecule has 1 aliphatic heterocycles. The van der Waals surface area contributed by atoms with Crippen LogP contribution in [-0.2, 0) is 64.4 Å². The molecular weight excluding hydrogens is 705 g/mol. The van der Waals surface area contributed by atoms with Crippen LogP contribution in [0.2, 0.25) is 0 Å². The number of benzene rings is 4. The van der Waals surface area contributed by atoms with Crippen molar-refractivity contribution in [3.8, 4) is 0 Å². The van der Waals surface area contributed by atoms with E-state index in [2.05, 4.69) is 18.2 Å². The fourth-order valence-electron chi connectivity index (χ4n) is 6.81. The Morgan fingerprint density at radius 3 is 1.73 bits per heavy atom. The van der Waals surface area contributed by atoms with Gasteiger partial charge in [-0.1, -0.05) is 145 Å². The Bertz CT molecular complexity index is 1750. The molecule has 4 aromatic carbocycles. The van der Waals surface area contributed by atoms with Gasteiger partial charge >= 0.3 is 5.97 Å². The highest BCUT2D eigenvalue weighted by molar-refractivity contribution is 5.72. The molecule has 56 heavy (non-hydrogen) atoms. The molecule has 6 rings (SSSR count). The normalized spacial score (nSPS) is 21.1. The minimum absolute atomic E-state index is 0.0778. The van der Waals surface area contributed by atoms with Crippen LogP contribution in [0.3, 0.4) is 0 Å². The molecule has 8 heteroatoms. The number of hydrogen-bond donors (Lipinski definition) is 0. The van der Waals surface area contributed by atoms with Gasteiger partial charge < -0.3 is 33.2 Å². The molecule has 0 radical (unpaired) electrons. The van der Waals surface area contributed by atoms with E-state index in [-0.39, 0.29) is 19.2 Å². The Hall–Kier alpha value is -4.41. The van der Waals surface area contributed by atoms with Gasteiger partial charge in [-0.3, -0.25) is 4.79 Å². The molecule has 8 nitrogen and oxygen atoms in total.